The first-order chi connectivity index (χ1) is 12.2. The molecule has 4 rings (SSSR count). The number of aromatic nitrogens is 2. The van der Waals surface area contributed by atoms with Crippen molar-refractivity contribution in [3.63, 3.8) is 0 Å². The van der Waals surface area contributed by atoms with Crippen LogP contribution in [0.2, 0.25) is 5.02 Å². The standard InChI is InChI=1S/C19H23ClN4O/c20-16-4-2-1-3-15(16)17-11-18(23-22-17)19(25)24-9-7-14(8-10-24)21-12-13-5-6-13/h1-4,11,13-14,21H,5-10,12H2,(H,22,23). The second-order valence-corrected chi connectivity index (χ2v) is 7.47. The minimum atomic E-state index is 0.0199. The van der Waals surface area contributed by atoms with Crippen LogP contribution in [0.5, 0.6) is 0 Å². The molecular weight excluding hydrogens is 336 g/mol. The molecule has 2 aromatic rings. The Morgan fingerprint density at radius 2 is 2.00 bits per heavy atom. The van der Waals surface area contributed by atoms with Crippen molar-refractivity contribution in [3.05, 3.63) is 41.0 Å². The van der Waals surface area contributed by atoms with Crippen molar-refractivity contribution in [2.24, 2.45) is 5.92 Å². The van der Waals surface area contributed by atoms with Crippen molar-refractivity contribution >= 4 is 17.5 Å². The quantitative estimate of drug-likeness (QED) is 0.861. The van der Waals surface area contributed by atoms with Gasteiger partial charge in [-0.05, 0) is 50.3 Å². The van der Waals surface area contributed by atoms with Gasteiger partial charge in [-0.2, -0.15) is 5.10 Å². The molecule has 6 heteroatoms. The fraction of sp³-hybridized carbons (Fsp3) is 0.474. The molecule has 2 heterocycles. The first-order valence-corrected chi connectivity index (χ1v) is 9.41. The van der Waals surface area contributed by atoms with E-state index in [4.69, 9.17) is 11.6 Å². The Kier molecular flexibility index (Phi) is 4.77. The summed E-state index contributed by atoms with van der Waals surface area (Å²) in [6.45, 7) is 2.73. The Morgan fingerprint density at radius 3 is 2.72 bits per heavy atom. The van der Waals surface area contributed by atoms with Crippen LogP contribution in [0.4, 0.5) is 0 Å². The molecule has 1 saturated heterocycles. The number of nitrogens with one attached hydrogen (secondary N) is 2. The maximum atomic E-state index is 12.7. The van der Waals surface area contributed by atoms with Gasteiger partial charge in [-0.1, -0.05) is 29.8 Å². The van der Waals surface area contributed by atoms with Gasteiger partial charge in [0.25, 0.3) is 5.91 Å². The first kappa shape index (κ1) is 16.6. The van der Waals surface area contributed by atoms with Gasteiger partial charge in [0.2, 0.25) is 0 Å². The Hall–Kier alpha value is -1.85. The van der Waals surface area contributed by atoms with E-state index in [1.165, 1.54) is 12.8 Å². The largest absolute Gasteiger partial charge is 0.337 e. The summed E-state index contributed by atoms with van der Waals surface area (Å²) < 4.78 is 0. The van der Waals surface area contributed by atoms with E-state index in [9.17, 15) is 4.79 Å². The van der Waals surface area contributed by atoms with Gasteiger partial charge in [-0.25, -0.2) is 0 Å². The second kappa shape index (κ2) is 7.18. The number of aromatic amines is 1. The van der Waals surface area contributed by atoms with Crippen molar-refractivity contribution in [1.82, 2.24) is 20.4 Å². The zero-order valence-electron chi connectivity index (χ0n) is 14.2. The number of rotatable bonds is 5. The first-order valence-electron chi connectivity index (χ1n) is 9.03. The lowest BCUT2D eigenvalue weighted by atomic mass is 10.0. The zero-order chi connectivity index (χ0) is 17.2. The van der Waals surface area contributed by atoms with E-state index in [1.54, 1.807) is 6.07 Å². The number of carbonyl (C=O) groups excluding carboxylic acids is 1. The molecule has 0 unspecified atom stereocenters. The van der Waals surface area contributed by atoms with Crippen molar-refractivity contribution < 1.29 is 4.79 Å². The number of hydrogen-bond acceptors (Lipinski definition) is 3. The summed E-state index contributed by atoms with van der Waals surface area (Å²) >= 11 is 6.21. The van der Waals surface area contributed by atoms with Crippen molar-refractivity contribution in [3.8, 4) is 11.3 Å². The predicted molar refractivity (Wildman–Crippen MR) is 98.7 cm³/mol. The molecule has 1 saturated carbocycles. The van der Waals surface area contributed by atoms with Crippen molar-refractivity contribution in [1.29, 1.82) is 0 Å². The van der Waals surface area contributed by atoms with Crippen molar-refractivity contribution in [2.45, 2.75) is 31.7 Å². The molecule has 0 radical (unpaired) electrons. The zero-order valence-corrected chi connectivity index (χ0v) is 14.9. The highest BCUT2D eigenvalue weighted by Crippen LogP contribution is 2.28. The molecule has 25 heavy (non-hydrogen) atoms. The normalized spacial score (nSPS) is 18.5. The summed E-state index contributed by atoms with van der Waals surface area (Å²) in [5.74, 6) is 0.916. The van der Waals surface area contributed by atoms with E-state index in [2.05, 4.69) is 15.5 Å². The lowest BCUT2D eigenvalue weighted by Gasteiger charge is -2.32. The summed E-state index contributed by atoms with van der Waals surface area (Å²) in [7, 11) is 0. The summed E-state index contributed by atoms with van der Waals surface area (Å²) in [5, 5.41) is 11.4. The lowest BCUT2D eigenvalue weighted by Crippen LogP contribution is -2.45. The highest BCUT2D eigenvalue weighted by atomic mass is 35.5. The van der Waals surface area contributed by atoms with E-state index in [-0.39, 0.29) is 5.91 Å². The Labute approximate surface area is 152 Å². The average molecular weight is 359 g/mol. The SMILES string of the molecule is O=C(c1cc(-c2ccccc2Cl)n[nH]1)N1CCC(NCC2CC2)CC1. The Bertz CT molecular complexity index is 747. The van der Waals surface area contributed by atoms with E-state index in [0.717, 1.165) is 44.0 Å². The maximum Gasteiger partial charge on any atom is 0.271 e. The van der Waals surface area contributed by atoms with Gasteiger partial charge in [0, 0.05) is 24.7 Å². The highest BCUT2D eigenvalue weighted by Gasteiger charge is 2.27. The number of piperidine rings is 1. The van der Waals surface area contributed by atoms with Gasteiger partial charge in [0.15, 0.2) is 0 Å². The molecule has 0 bridgehead atoms. The van der Waals surface area contributed by atoms with Crippen LogP contribution >= 0.6 is 11.6 Å². The number of likely N-dealkylation sites (tertiary alicyclic amines) is 1. The van der Waals surface area contributed by atoms with Gasteiger partial charge in [0.1, 0.15) is 5.69 Å². The van der Waals surface area contributed by atoms with Gasteiger partial charge < -0.3 is 10.2 Å². The number of hydrogen-bond donors (Lipinski definition) is 2. The van der Waals surface area contributed by atoms with Gasteiger partial charge in [-0.15, -0.1) is 0 Å². The predicted octanol–water partition coefficient (Wildman–Crippen LogP) is 3.33. The van der Waals surface area contributed by atoms with E-state index in [1.807, 2.05) is 29.2 Å². The third-order valence-corrected chi connectivity index (χ3v) is 5.46. The van der Waals surface area contributed by atoms with Crippen LogP contribution in [0.3, 0.4) is 0 Å². The highest BCUT2D eigenvalue weighted by molar-refractivity contribution is 6.33. The molecule has 1 aliphatic heterocycles. The maximum absolute atomic E-state index is 12.7. The summed E-state index contributed by atoms with van der Waals surface area (Å²) in [6, 6.07) is 9.87. The van der Waals surface area contributed by atoms with Gasteiger partial charge >= 0.3 is 0 Å². The summed E-state index contributed by atoms with van der Waals surface area (Å²) in [4.78, 5) is 14.6. The van der Waals surface area contributed by atoms with Crippen LogP contribution in [-0.2, 0) is 0 Å². The number of carbonyl (C=O) groups is 1. The number of nitrogens with zero attached hydrogens (tertiary/aromatic N) is 2. The van der Waals surface area contributed by atoms with Gasteiger partial charge in [0.05, 0.1) is 10.7 Å². The monoisotopic (exact) mass is 358 g/mol. The molecule has 0 atom stereocenters. The molecule has 1 aliphatic carbocycles. The molecule has 2 aliphatic rings. The van der Waals surface area contributed by atoms with E-state index in [0.29, 0.717) is 22.5 Å². The minimum absolute atomic E-state index is 0.0199. The molecule has 2 N–H and O–H groups in total. The Balaban J connectivity index is 1.36. The van der Waals surface area contributed by atoms with Gasteiger partial charge in [-0.3, -0.25) is 9.89 Å². The molecular formula is C19H23ClN4O. The molecule has 132 valence electrons. The molecule has 1 amide bonds. The number of H-pyrrole nitrogens is 1. The second-order valence-electron chi connectivity index (χ2n) is 7.06. The average Bonchev–Trinajstić information content (AvgIpc) is 3.35. The fourth-order valence-corrected chi connectivity index (χ4v) is 3.58. The molecule has 1 aromatic carbocycles. The molecule has 5 nitrogen and oxygen atoms in total. The van der Waals surface area contributed by atoms with E-state index < -0.39 is 0 Å². The third-order valence-electron chi connectivity index (χ3n) is 5.13. The van der Waals surface area contributed by atoms with Crippen LogP contribution in [0.1, 0.15) is 36.2 Å². The third kappa shape index (κ3) is 3.88. The van der Waals surface area contributed by atoms with E-state index >= 15 is 0 Å². The fourth-order valence-electron chi connectivity index (χ4n) is 3.35. The number of amides is 1. The lowest BCUT2D eigenvalue weighted by molar-refractivity contribution is 0.0699. The Morgan fingerprint density at radius 1 is 1.24 bits per heavy atom. The van der Waals surface area contributed by atoms with Crippen LogP contribution in [0, 0.1) is 5.92 Å². The minimum Gasteiger partial charge on any atom is -0.337 e. The number of benzene rings is 1. The summed E-state index contributed by atoms with van der Waals surface area (Å²) in [5.41, 5.74) is 2.07. The van der Waals surface area contributed by atoms with Crippen molar-refractivity contribution in [2.75, 3.05) is 19.6 Å². The van der Waals surface area contributed by atoms with Crippen LogP contribution in [-0.4, -0.2) is 46.7 Å². The molecule has 0 spiro atoms. The van der Waals surface area contributed by atoms with Crippen LogP contribution in [0.25, 0.3) is 11.3 Å². The topological polar surface area (TPSA) is 61.0 Å². The van der Waals surface area contributed by atoms with Crippen LogP contribution in [0.15, 0.2) is 30.3 Å². The van der Waals surface area contributed by atoms with Crippen LogP contribution < -0.4 is 5.32 Å². The molecule has 2 fully saturated rings. The molecule has 1 aromatic heterocycles. The summed E-state index contributed by atoms with van der Waals surface area (Å²) in [6.07, 6.45) is 4.78. The number of halogens is 1. The smallest absolute Gasteiger partial charge is 0.271 e.